The van der Waals surface area contributed by atoms with Crippen LogP contribution in [0.5, 0.6) is 0 Å². The first-order valence-electron chi connectivity index (χ1n) is 10.7. The van der Waals surface area contributed by atoms with Crippen molar-refractivity contribution in [3.05, 3.63) is 102 Å². The molecular weight excluding hydrogens is 446 g/mol. The second-order valence-corrected chi connectivity index (χ2v) is 9.42. The number of halogens is 1. The average Bonchev–Trinajstić information content (AvgIpc) is 3.39. The molecule has 5 heteroatoms. The van der Waals surface area contributed by atoms with E-state index in [0.717, 1.165) is 32.5 Å². The van der Waals surface area contributed by atoms with E-state index in [1.807, 2.05) is 18.2 Å². The molecule has 3 nitrogen and oxygen atoms in total. The molecule has 7 rings (SSSR count). The van der Waals surface area contributed by atoms with Crippen molar-refractivity contribution in [3.63, 3.8) is 0 Å². The van der Waals surface area contributed by atoms with E-state index in [0.29, 0.717) is 10.8 Å². The number of rotatable bonds is 2. The average molecular weight is 462 g/mol. The highest BCUT2D eigenvalue weighted by Crippen LogP contribution is 2.38. The van der Waals surface area contributed by atoms with Crippen molar-refractivity contribution in [1.29, 1.82) is 0 Å². The van der Waals surface area contributed by atoms with Gasteiger partial charge >= 0.3 is 0 Å². The first-order chi connectivity index (χ1) is 16.3. The molecule has 3 heterocycles. The van der Waals surface area contributed by atoms with E-state index in [4.69, 9.17) is 21.6 Å². The highest BCUT2D eigenvalue weighted by molar-refractivity contribution is 7.25. The maximum Gasteiger partial charge on any atom is 0.156 e. The lowest BCUT2D eigenvalue weighted by molar-refractivity contribution is 1.18. The van der Waals surface area contributed by atoms with Gasteiger partial charge in [-0.15, -0.1) is 11.3 Å². The van der Waals surface area contributed by atoms with Gasteiger partial charge < -0.3 is 4.57 Å². The van der Waals surface area contributed by atoms with Crippen LogP contribution in [0.1, 0.15) is 0 Å². The van der Waals surface area contributed by atoms with Crippen LogP contribution in [0.4, 0.5) is 0 Å². The van der Waals surface area contributed by atoms with Gasteiger partial charge in [0.15, 0.2) is 5.15 Å². The molecule has 7 aromatic rings. The second kappa shape index (κ2) is 7.14. The molecule has 0 aliphatic rings. The second-order valence-electron chi connectivity index (χ2n) is 8.04. The van der Waals surface area contributed by atoms with Crippen molar-refractivity contribution < 1.29 is 0 Å². The Bertz CT molecular complexity index is 1830. The Labute approximate surface area is 198 Å². The van der Waals surface area contributed by atoms with Crippen LogP contribution >= 0.6 is 22.9 Å². The van der Waals surface area contributed by atoms with Crippen LogP contribution < -0.4 is 0 Å². The van der Waals surface area contributed by atoms with E-state index < -0.39 is 0 Å². The largest absolute Gasteiger partial charge is 0.309 e. The molecule has 0 aliphatic carbocycles. The summed E-state index contributed by atoms with van der Waals surface area (Å²) in [6.07, 6.45) is 0. The fraction of sp³-hybridized carbons (Fsp3) is 0. The summed E-state index contributed by atoms with van der Waals surface area (Å²) in [4.78, 5) is 10.6. The zero-order valence-corrected chi connectivity index (χ0v) is 18.9. The minimum absolute atomic E-state index is 0.428. The zero-order chi connectivity index (χ0) is 21.9. The minimum Gasteiger partial charge on any atom is -0.309 e. The Morgan fingerprint density at radius 2 is 1.39 bits per heavy atom. The number of aromatic nitrogens is 3. The molecule has 0 atom stereocenters. The summed E-state index contributed by atoms with van der Waals surface area (Å²) in [6.45, 7) is 0. The Balaban J connectivity index is 1.50. The monoisotopic (exact) mass is 461 g/mol. The van der Waals surface area contributed by atoms with Crippen molar-refractivity contribution in [2.75, 3.05) is 0 Å². The zero-order valence-electron chi connectivity index (χ0n) is 17.4. The molecule has 0 saturated heterocycles. The lowest BCUT2D eigenvalue weighted by Gasteiger charge is -2.08. The number of benzene rings is 4. The SMILES string of the molecule is Clc1nc2c(nc1-c1ccc3c(c1)c1ccccc1n3-c1ccccc1)sc1ccccc12. The summed E-state index contributed by atoms with van der Waals surface area (Å²) in [5, 5.41) is 3.89. The van der Waals surface area contributed by atoms with E-state index in [-0.39, 0.29) is 0 Å². The molecular formula is C28H16ClN3S. The number of hydrogen-bond donors (Lipinski definition) is 0. The van der Waals surface area contributed by atoms with Gasteiger partial charge in [-0.25, -0.2) is 9.97 Å². The normalized spacial score (nSPS) is 11.8. The topological polar surface area (TPSA) is 30.7 Å². The van der Waals surface area contributed by atoms with Crippen LogP contribution in [0.15, 0.2) is 97.1 Å². The summed E-state index contributed by atoms with van der Waals surface area (Å²) in [7, 11) is 0. The summed E-state index contributed by atoms with van der Waals surface area (Å²) < 4.78 is 3.47. The molecule has 4 aromatic carbocycles. The van der Waals surface area contributed by atoms with E-state index in [1.165, 1.54) is 21.0 Å². The van der Waals surface area contributed by atoms with Crippen LogP contribution in [-0.4, -0.2) is 14.5 Å². The van der Waals surface area contributed by atoms with Crippen molar-refractivity contribution in [2.24, 2.45) is 0 Å². The summed E-state index contributed by atoms with van der Waals surface area (Å²) in [5.41, 5.74) is 6.02. The predicted molar refractivity (Wildman–Crippen MR) is 140 cm³/mol. The Morgan fingerprint density at radius 3 is 2.27 bits per heavy atom. The lowest BCUT2D eigenvalue weighted by Crippen LogP contribution is -1.93. The molecule has 0 fully saturated rings. The van der Waals surface area contributed by atoms with Crippen LogP contribution in [0.2, 0.25) is 5.15 Å². The quantitative estimate of drug-likeness (QED) is 0.259. The molecule has 156 valence electrons. The first kappa shape index (κ1) is 18.8. The summed E-state index contributed by atoms with van der Waals surface area (Å²) >= 11 is 8.34. The maximum absolute atomic E-state index is 6.69. The van der Waals surface area contributed by atoms with Crippen molar-refractivity contribution >= 4 is 65.2 Å². The molecule has 33 heavy (non-hydrogen) atoms. The van der Waals surface area contributed by atoms with Crippen LogP contribution in [0, 0.1) is 0 Å². The Hall–Kier alpha value is -3.73. The number of nitrogens with zero attached hydrogens (tertiary/aromatic N) is 3. The van der Waals surface area contributed by atoms with Crippen molar-refractivity contribution in [2.45, 2.75) is 0 Å². The van der Waals surface area contributed by atoms with Crippen LogP contribution in [-0.2, 0) is 0 Å². The van der Waals surface area contributed by atoms with Crippen LogP contribution in [0.25, 0.3) is 59.2 Å². The fourth-order valence-corrected chi connectivity index (χ4v) is 5.92. The molecule has 0 saturated carbocycles. The summed E-state index contributed by atoms with van der Waals surface area (Å²) in [6, 6.07) is 33.6. The van der Waals surface area contributed by atoms with Gasteiger partial charge in [-0.2, -0.15) is 0 Å². The number of fused-ring (bicyclic) bond motifs is 6. The van der Waals surface area contributed by atoms with Crippen molar-refractivity contribution in [1.82, 2.24) is 14.5 Å². The smallest absolute Gasteiger partial charge is 0.156 e. The third kappa shape index (κ3) is 2.81. The molecule has 0 N–H and O–H groups in total. The standard InChI is InChI=1S/C28H16ClN3S/c29-27-25(31-28-26(30-27)20-11-5-7-13-24(20)33-28)17-14-15-23-21(16-17)19-10-4-6-12-22(19)32(23)18-8-2-1-3-9-18/h1-16H. The van der Waals surface area contributed by atoms with Gasteiger partial charge in [-0.1, -0.05) is 72.3 Å². The van der Waals surface area contributed by atoms with Gasteiger partial charge in [0.25, 0.3) is 0 Å². The van der Waals surface area contributed by atoms with E-state index >= 15 is 0 Å². The van der Waals surface area contributed by atoms with Gasteiger partial charge in [0.05, 0.1) is 11.0 Å². The van der Waals surface area contributed by atoms with Gasteiger partial charge in [0, 0.05) is 32.1 Å². The first-order valence-corrected chi connectivity index (χ1v) is 11.9. The molecule has 0 unspecified atom stereocenters. The third-order valence-corrected chi connectivity index (χ3v) is 7.45. The van der Waals surface area contributed by atoms with Gasteiger partial charge in [-0.05, 0) is 36.4 Å². The molecule has 0 spiro atoms. The number of hydrogen-bond acceptors (Lipinski definition) is 3. The van der Waals surface area contributed by atoms with Crippen LogP contribution in [0.3, 0.4) is 0 Å². The van der Waals surface area contributed by atoms with E-state index in [1.54, 1.807) is 11.3 Å². The third-order valence-electron chi connectivity index (χ3n) is 6.13. The lowest BCUT2D eigenvalue weighted by atomic mass is 10.1. The Kier molecular flexibility index (Phi) is 4.07. The molecule has 0 radical (unpaired) electrons. The van der Waals surface area contributed by atoms with Gasteiger partial charge in [0.1, 0.15) is 16.0 Å². The molecule has 0 aliphatic heterocycles. The van der Waals surface area contributed by atoms with Gasteiger partial charge in [-0.3, -0.25) is 0 Å². The van der Waals surface area contributed by atoms with E-state index in [2.05, 4.69) is 83.4 Å². The molecule has 3 aromatic heterocycles. The van der Waals surface area contributed by atoms with Crippen molar-refractivity contribution in [3.8, 4) is 16.9 Å². The predicted octanol–water partition coefficient (Wildman–Crippen LogP) is 8.26. The summed E-state index contributed by atoms with van der Waals surface area (Å²) in [5.74, 6) is 0. The minimum atomic E-state index is 0.428. The molecule has 0 bridgehead atoms. The Morgan fingerprint density at radius 1 is 0.667 bits per heavy atom. The van der Waals surface area contributed by atoms with E-state index in [9.17, 15) is 0 Å². The fourth-order valence-electron chi connectivity index (χ4n) is 4.66. The molecule has 0 amide bonds. The van der Waals surface area contributed by atoms with Gasteiger partial charge in [0.2, 0.25) is 0 Å². The number of para-hydroxylation sites is 2. The highest BCUT2D eigenvalue weighted by atomic mass is 35.5. The number of thiophene rings is 1. The maximum atomic E-state index is 6.69. The highest BCUT2D eigenvalue weighted by Gasteiger charge is 2.17.